The lowest BCUT2D eigenvalue weighted by Crippen LogP contribution is -2.46. The molecule has 2 fully saturated rings. The molecule has 2 heterocycles. The average molecular weight is 132 g/mol. The Morgan fingerprint density at radius 3 is 2.33 bits per heavy atom. The molecule has 0 aromatic carbocycles. The van der Waals surface area contributed by atoms with Crippen LogP contribution in [-0.4, -0.2) is 41.4 Å². The molecule has 52 valence electrons. The molecule has 1 unspecified atom stereocenters. The molecule has 2 N–H and O–H groups in total. The van der Waals surface area contributed by atoms with Crippen LogP contribution in [0.25, 0.3) is 0 Å². The van der Waals surface area contributed by atoms with Gasteiger partial charge in [0.15, 0.2) is 6.29 Å². The number of aliphatic hydroxyl groups excluding tert-OH is 2. The van der Waals surface area contributed by atoms with Gasteiger partial charge in [0.25, 0.3) is 0 Å². The third-order valence-corrected chi connectivity index (χ3v) is 1.76. The molecule has 4 nitrogen and oxygen atoms in total. The number of ether oxygens (including phenoxy) is 2. The summed E-state index contributed by atoms with van der Waals surface area (Å²) in [5, 5.41) is 17.8. The van der Waals surface area contributed by atoms with Gasteiger partial charge < -0.3 is 19.7 Å². The Labute approximate surface area is 52.0 Å². The van der Waals surface area contributed by atoms with E-state index in [0.29, 0.717) is 6.61 Å². The summed E-state index contributed by atoms with van der Waals surface area (Å²) in [6.45, 7) is 0.499. The molecule has 0 radical (unpaired) electrons. The summed E-state index contributed by atoms with van der Waals surface area (Å²) in [5.74, 6) is 0. The molecule has 2 aliphatic rings. The molecule has 0 spiro atoms. The van der Waals surface area contributed by atoms with Crippen LogP contribution in [0, 0.1) is 0 Å². The van der Waals surface area contributed by atoms with Crippen LogP contribution >= 0.6 is 0 Å². The molecule has 0 saturated carbocycles. The molecule has 9 heavy (non-hydrogen) atoms. The number of hydrogen-bond acceptors (Lipinski definition) is 4. The summed E-state index contributed by atoms with van der Waals surface area (Å²) in [6.07, 6.45) is -2.23. The summed E-state index contributed by atoms with van der Waals surface area (Å²) in [5.41, 5.74) is 0. The van der Waals surface area contributed by atoms with Gasteiger partial charge in [-0.05, 0) is 0 Å². The first-order valence-corrected chi connectivity index (χ1v) is 2.92. The number of aliphatic hydroxyl groups is 2. The molecule has 4 heteroatoms. The van der Waals surface area contributed by atoms with E-state index in [-0.39, 0.29) is 12.2 Å². The second-order valence-corrected chi connectivity index (χ2v) is 2.35. The first-order chi connectivity index (χ1) is 4.29. The fraction of sp³-hybridized carbons (Fsp3) is 1.00. The Morgan fingerprint density at radius 2 is 2.11 bits per heavy atom. The highest BCUT2D eigenvalue weighted by Gasteiger charge is 2.49. The van der Waals surface area contributed by atoms with Gasteiger partial charge in [0.1, 0.15) is 18.3 Å². The Balaban J connectivity index is 2.07. The van der Waals surface area contributed by atoms with Gasteiger partial charge in [-0.15, -0.1) is 0 Å². The third-order valence-electron chi connectivity index (χ3n) is 1.76. The lowest BCUT2D eigenvalue weighted by molar-refractivity contribution is -0.168. The lowest BCUT2D eigenvalue weighted by atomic mass is 10.1. The maximum atomic E-state index is 8.99. The van der Waals surface area contributed by atoms with Crippen molar-refractivity contribution in [1.29, 1.82) is 0 Å². The van der Waals surface area contributed by atoms with Crippen molar-refractivity contribution in [1.82, 2.24) is 0 Å². The van der Waals surface area contributed by atoms with E-state index < -0.39 is 12.4 Å². The van der Waals surface area contributed by atoms with Crippen molar-refractivity contribution in [2.45, 2.75) is 24.6 Å². The van der Waals surface area contributed by atoms with Crippen molar-refractivity contribution in [3.8, 4) is 0 Å². The van der Waals surface area contributed by atoms with Gasteiger partial charge in [-0.25, -0.2) is 0 Å². The van der Waals surface area contributed by atoms with Gasteiger partial charge in [-0.2, -0.15) is 0 Å². The molecule has 0 aromatic heterocycles. The molecular formula is C5H8O4. The normalized spacial score (nSPS) is 56.7. The number of hydrogen-bond donors (Lipinski definition) is 2. The Kier molecular flexibility index (Phi) is 1.04. The van der Waals surface area contributed by atoms with Crippen molar-refractivity contribution in [3.63, 3.8) is 0 Å². The van der Waals surface area contributed by atoms with Crippen LogP contribution < -0.4 is 0 Å². The zero-order valence-corrected chi connectivity index (χ0v) is 4.73. The first kappa shape index (κ1) is 5.61. The summed E-state index contributed by atoms with van der Waals surface area (Å²) >= 11 is 0. The van der Waals surface area contributed by atoms with E-state index >= 15 is 0 Å². The summed E-state index contributed by atoms with van der Waals surface area (Å²) in [7, 11) is 0. The molecular weight excluding hydrogens is 124 g/mol. The van der Waals surface area contributed by atoms with E-state index in [4.69, 9.17) is 19.7 Å². The molecule has 0 aromatic rings. The Morgan fingerprint density at radius 1 is 1.33 bits per heavy atom. The van der Waals surface area contributed by atoms with E-state index in [1.807, 2.05) is 0 Å². The average Bonchev–Trinajstić information content (AvgIpc) is 1.92. The van der Waals surface area contributed by atoms with Gasteiger partial charge in [-0.3, -0.25) is 0 Å². The van der Waals surface area contributed by atoms with E-state index in [0.717, 1.165) is 0 Å². The summed E-state index contributed by atoms with van der Waals surface area (Å²) in [4.78, 5) is 0. The largest absolute Gasteiger partial charge is 0.385 e. The van der Waals surface area contributed by atoms with Crippen molar-refractivity contribution in [3.05, 3.63) is 0 Å². The van der Waals surface area contributed by atoms with Crippen molar-refractivity contribution >= 4 is 0 Å². The van der Waals surface area contributed by atoms with Crippen LogP contribution in [0.2, 0.25) is 0 Å². The second-order valence-electron chi connectivity index (χ2n) is 2.35. The van der Waals surface area contributed by atoms with Crippen LogP contribution in [0.3, 0.4) is 0 Å². The van der Waals surface area contributed by atoms with E-state index in [1.165, 1.54) is 0 Å². The molecule has 2 rings (SSSR count). The minimum atomic E-state index is -1.04. The number of fused-ring (bicyclic) bond motifs is 1. The molecule has 2 saturated heterocycles. The zero-order valence-electron chi connectivity index (χ0n) is 4.73. The van der Waals surface area contributed by atoms with Gasteiger partial charge in [0.05, 0.1) is 6.61 Å². The van der Waals surface area contributed by atoms with E-state index in [9.17, 15) is 0 Å². The van der Waals surface area contributed by atoms with Crippen LogP contribution in [-0.2, 0) is 9.47 Å². The molecule has 0 aliphatic carbocycles. The van der Waals surface area contributed by atoms with E-state index in [1.54, 1.807) is 0 Å². The topological polar surface area (TPSA) is 58.9 Å². The van der Waals surface area contributed by atoms with Crippen LogP contribution in [0.1, 0.15) is 0 Å². The van der Waals surface area contributed by atoms with Crippen LogP contribution in [0.15, 0.2) is 0 Å². The summed E-state index contributed by atoms with van der Waals surface area (Å²) in [6, 6.07) is 0. The van der Waals surface area contributed by atoms with Crippen molar-refractivity contribution in [2.24, 2.45) is 0 Å². The first-order valence-electron chi connectivity index (χ1n) is 2.92. The molecule has 2 aliphatic heterocycles. The quantitative estimate of drug-likeness (QED) is 0.419. The predicted octanol–water partition coefficient (Wildman–Crippen LogP) is -1.54. The highest BCUT2D eigenvalue weighted by molar-refractivity contribution is 4.93. The van der Waals surface area contributed by atoms with Gasteiger partial charge in [0.2, 0.25) is 0 Å². The fourth-order valence-corrected chi connectivity index (χ4v) is 1.14. The van der Waals surface area contributed by atoms with Crippen molar-refractivity contribution < 1.29 is 19.7 Å². The highest BCUT2D eigenvalue weighted by Crippen LogP contribution is 2.29. The summed E-state index contributed by atoms with van der Waals surface area (Å²) < 4.78 is 9.76. The predicted molar refractivity (Wildman–Crippen MR) is 26.6 cm³/mol. The van der Waals surface area contributed by atoms with Gasteiger partial charge >= 0.3 is 0 Å². The minimum absolute atomic E-state index is 0.0741. The third kappa shape index (κ3) is 0.616. The maximum Gasteiger partial charge on any atom is 0.184 e. The Hall–Kier alpha value is -0.160. The van der Waals surface area contributed by atoms with Crippen LogP contribution in [0.5, 0.6) is 0 Å². The Bertz CT molecular complexity index is 122. The SMILES string of the molecule is OC1O[C@@H]2CO[C@@H]2[C@H]1O. The molecule has 0 bridgehead atoms. The molecule has 0 amide bonds. The number of rotatable bonds is 0. The molecule has 4 atom stereocenters. The highest BCUT2D eigenvalue weighted by atomic mass is 16.7. The van der Waals surface area contributed by atoms with E-state index in [2.05, 4.69) is 0 Å². The zero-order chi connectivity index (χ0) is 6.43. The van der Waals surface area contributed by atoms with Gasteiger partial charge in [-0.1, -0.05) is 0 Å². The van der Waals surface area contributed by atoms with Crippen LogP contribution in [0.4, 0.5) is 0 Å². The van der Waals surface area contributed by atoms with Crippen molar-refractivity contribution in [2.75, 3.05) is 6.61 Å². The minimum Gasteiger partial charge on any atom is -0.385 e. The standard InChI is InChI=1S/C5H8O4/c6-3-4-2(1-8-4)9-5(3)7/h2-7H,1H2/t2-,3-,4+,5?/m1/s1. The lowest BCUT2D eigenvalue weighted by Gasteiger charge is -2.29. The second kappa shape index (κ2) is 1.67. The van der Waals surface area contributed by atoms with Gasteiger partial charge in [0, 0.05) is 0 Å². The monoisotopic (exact) mass is 132 g/mol. The fourth-order valence-electron chi connectivity index (χ4n) is 1.14. The maximum absolute atomic E-state index is 8.99. The smallest absolute Gasteiger partial charge is 0.184 e.